The third-order valence-corrected chi connectivity index (χ3v) is 4.47. The number of carboxylic acid groups (broad SMARTS) is 1. The molecule has 0 saturated carbocycles. The Morgan fingerprint density at radius 1 is 1.30 bits per heavy atom. The van der Waals surface area contributed by atoms with Crippen LogP contribution in [0.15, 0.2) is 30.3 Å². The van der Waals surface area contributed by atoms with Gasteiger partial charge in [0.1, 0.15) is 0 Å². The van der Waals surface area contributed by atoms with Gasteiger partial charge in [-0.25, -0.2) is 4.79 Å². The highest BCUT2D eigenvalue weighted by Crippen LogP contribution is 2.29. The zero-order valence-corrected chi connectivity index (χ0v) is 13.0. The summed E-state index contributed by atoms with van der Waals surface area (Å²) in [5, 5.41) is 13.3. The number of carboxylic acids is 1. The van der Waals surface area contributed by atoms with Crippen molar-refractivity contribution in [1.82, 2.24) is 0 Å². The van der Waals surface area contributed by atoms with Gasteiger partial charge in [-0.15, -0.1) is 11.3 Å². The lowest BCUT2D eigenvalue weighted by atomic mass is 10.2. The highest BCUT2D eigenvalue weighted by atomic mass is 35.5. The molecule has 3 nitrogen and oxygen atoms in total. The van der Waals surface area contributed by atoms with Gasteiger partial charge in [-0.05, 0) is 36.8 Å². The lowest BCUT2D eigenvalue weighted by Gasteiger charge is -2.15. The van der Waals surface area contributed by atoms with Crippen LogP contribution in [0.2, 0.25) is 10.0 Å². The molecule has 1 aromatic carbocycles. The quantitative estimate of drug-likeness (QED) is 0.823. The molecule has 0 aliphatic heterocycles. The van der Waals surface area contributed by atoms with Gasteiger partial charge in [-0.2, -0.15) is 0 Å². The van der Waals surface area contributed by atoms with Gasteiger partial charge in [0.25, 0.3) is 0 Å². The third-order valence-electron chi connectivity index (χ3n) is 2.74. The first-order chi connectivity index (χ1) is 9.49. The number of thiophene rings is 1. The van der Waals surface area contributed by atoms with E-state index in [0.717, 1.165) is 16.2 Å². The van der Waals surface area contributed by atoms with E-state index in [0.29, 0.717) is 15.7 Å². The summed E-state index contributed by atoms with van der Waals surface area (Å²) in [4.78, 5) is 13.4. The van der Waals surface area contributed by atoms with E-state index in [1.807, 2.05) is 19.1 Å². The van der Waals surface area contributed by atoms with Crippen LogP contribution in [0.3, 0.4) is 0 Å². The van der Waals surface area contributed by atoms with Crippen LogP contribution in [0.4, 0.5) is 5.69 Å². The molecular weight excluding hydrogens is 317 g/mol. The fourth-order valence-corrected chi connectivity index (χ4v) is 3.32. The van der Waals surface area contributed by atoms with E-state index < -0.39 is 12.0 Å². The molecular formula is C14H13Cl2NO2S. The largest absolute Gasteiger partial charge is 0.479 e. The molecule has 106 valence electrons. The molecule has 0 fully saturated rings. The fourth-order valence-electron chi connectivity index (χ4n) is 1.80. The summed E-state index contributed by atoms with van der Waals surface area (Å²) in [6.45, 7) is 2.04. The van der Waals surface area contributed by atoms with Crippen molar-refractivity contribution in [2.24, 2.45) is 0 Å². The Kier molecular flexibility index (Phi) is 4.91. The minimum atomic E-state index is -0.939. The maximum Gasteiger partial charge on any atom is 0.331 e. The Bertz CT molecular complexity index is 607. The van der Waals surface area contributed by atoms with Crippen molar-refractivity contribution >= 4 is 46.2 Å². The number of aliphatic carboxylic acids is 1. The summed E-state index contributed by atoms with van der Waals surface area (Å²) >= 11 is 13.3. The molecule has 0 aliphatic carbocycles. The van der Waals surface area contributed by atoms with Crippen LogP contribution in [0, 0.1) is 0 Å². The first kappa shape index (κ1) is 15.2. The summed E-state index contributed by atoms with van der Waals surface area (Å²) in [5.74, 6) is -0.939. The van der Waals surface area contributed by atoms with Gasteiger partial charge in [0, 0.05) is 25.5 Å². The van der Waals surface area contributed by atoms with E-state index in [-0.39, 0.29) is 0 Å². The smallest absolute Gasteiger partial charge is 0.331 e. The van der Waals surface area contributed by atoms with Gasteiger partial charge in [-0.3, -0.25) is 0 Å². The van der Waals surface area contributed by atoms with Gasteiger partial charge >= 0.3 is 5.97 Å². The van der Waals surface area contributed by atoms with Gasteiger partial charge in [0.2, 0.25) is 0 Å². The van der Waals surface area contributed by atoms with Crippen molar-refractivity contribution < 1.29 is 9.90 Å². The highest BCUT2D eigenvalue weighted by molar-refractivity contribution is 7.12. The molecule has 1 unspecified atom stereocenters. The Balaban J connectivity index is 2.27. The molecule has 0 amide bonds. The predicted molar refractivity (Wildman–Crippen MR) is 84.2 cm³/mol. The number of hydrogen-bond donors (Lipinski definition) is 2. The molecule has 0 aliphatic rings. The first-order valence-electron chi connectivity index (χ1n) is 6.03. The molecule has 2 rings (SSSR count). The van der Waals surface area contributed by atoms with Crippen molar-refractivity contribution in [3.05, 3.63) is 50.1 Å². The normalized spacial score (nSPS) is 12.2. The molecule has 6 heteroatoms. The molecule has 1 aromatic heterocycles. The molecule has 0 radical (unpaired) electrons. The average molecular weight is 330 g/mol. The first-order valence-corrected chi connectivity index (χ1v) is 7.61. The number of anilines is 1. The van der Waals surface area contributed by atoms with E-state index in [1.165, 1.54) is 11.3 Å². The van der Waals surface area contributed by atoms with Crippen LogP contribution in [-0.4, -0.2) is 11.1 Å². The maximum absolute atomic E-state index is 11.4. The Labute approximate surface area is 131 Å². The van der Waals surface area contributed by atoms with Gasteiger partial charge in [-0.1, -0.05) is 30.1 Å². The van der Waals surface area contributed by atoms with E-state index in [9.17, 15) is 9.90 Å². The number of benzene rings is 1. The van der Waals surface area contributed by atoms with Gasteiger partial charge in [0.15, 0.2) is 6.04 Å². The minimum absolute atomic E-state index is 0.463. The predicted octanol–water partition coefficient (Wildman–Crippen LogP) is 4.86. The number of hydrogen-bond acceptors (Lipinski definition) is 3. The lowest BCUT2D eigenvalue weighted by Crippen LogP contribution is -2.19. The highest BCUT2D eigenvalue weighted by Gasteiger charge is 2.21. The van der Waals surface area contributed by atoms with E-state index in [2.05, 4.69) is 5.32 Å². The standard InChI is InChI=1S/C14H13Cl2NO2S/c1-2-11-3-4-12(20-11)13(14(18)19)17-10-6-8(15)5-9(16)7-10/h3-7,13,17H,2H2,1H3,(H,18,19). The van der Waals surface area contributed by atoms with Crippen molar-refractivity contribution in [3.8, 4) is 0 Å². The number of nitrogens with one attached hydrogen (secondary N) is 1. The minimum Gasteiger partial charge on any atom is -0.479 e. The van der Waals surface area contributed by atoms with Crippen LogP contribution >= 0.6 is 34.5 Å². The second-order valence-electron chi connectivity index (χ2n) is 4.23. The zero-order chi connectivity index (χ0) is 14.7. The molecule has 2 N–H and O–H groups in total. The zero-order valence-electron chi connectivity index (χ0n) is 10.7. The van der Waals surface area contributed by atoms with Crippen molar-refractivity contribution in [1.29, 1.82) is 0 Å². The fraction of sp³-hybridized carbons (Fsp3) is 0.214. The average Bonchev–Trinajstić information content (AvgIpc) is 2.82. The molecule has 20 heavy (non-hydrogen) atoms. The van der Waals surface area contributed by atoms with Crippen LogP contribution in [0.1, 0.15) is 22.7 Å². The lowest BCUT2D eigenvalue weighted by molar-refractivity contribution is -0.138. The molecule has 1 heterocycles. The van der Waals surface area contributed by atoms with E-state index in [1.54, 1.807) is 18.2 Å². The number of halogens is 2. The van der Waals surface area contributed by atoms with E-state index >= 15 is 0 Å². The third kappa shape index (κ3) is 3.66. The Morgan fingerprint density at radius 3 is 2.45 bits per heavy atom. The molecule has 0 saturated heterocycles. The van der Waals surface area contributed by atoms with Crippen LogP contribution in [0.25, 0.3) is 0 Å². The van der Waals surface area contributed by atoms with Crippen LogP contribution in [0.5, 0.6) is 0 Å². The number of rotatable bonds is 5. The molecule has 2 aromatic rings. The van der Waals surface area contributed by atoms with Crippen molar-refractivity contribution in [2.45, 2.75) is 19.4 Å². The molecule has 0 spiro atoms. The second kappa shape index (κ2) is 6.48. The topological polar surface area (TPSA) is 49.3 Å². The van der Waals surface area contributed by atoms with Crippen molar-refractivity contribution in [2.75, 3.05) is 5.32 Å². The monoisotopic (exact) mass is 329 g/mol. The molecule has 0 bridgehead atoms. The Morgan fingerprint density at radius 2 is 1.95 bits per heavy atom. The SMILES string of the molecule is CCc1ccc(C(Nc2cc(Cl)cc(Cl)c2)C(=O)O)s1. The molecule has 1 atom stereocenters. The summed E-state index contributed by atoms with van der Waals surface area (Å²) in [5.41, 5.74) is 0.585. The van der Waals surface area contributed by atoms with Crippen LogP contribution in [-0.2, 0) is 11.2 Å². The second-order valence-corrected chi connectivity index (χ2v) is 6.30. The maximum atomic E-state index is 11.4. The number of aryl methyl sites for hydroxylation is 1. The Hall–Kier alpha value is -1.23. The summed E-state index contributed by atoms with van der Waals surface area (Å²) in [6, 6.07) is 7.87. The van der Waals surface area contributed by atoms with E-state index in [4.69, 9.17) is 23.2 Å². The number of carbonyl (C=O) groups is 1. The van der Waals surface area contributed by atoms with Gasteiger partial charge < -0.3 is 10.4 Å². The summed E-state index contributed by atoms with van der Waals surface area (Å²) in [7, 11) is 0. The van der Waals surface area contributed by atoms with Crippen LogP contribution < -0.4 is 5.32 Å². The summed E-state index contributed by atoms with van der Waals surface area (Å²) in [6.07, 6.45) is 0.889. The summed E-state index contributed by atoms with van der Waals surface area (Å²) < 4.78 is 0. The van der Waals surface area contributed by atoms with Gasteiger partial charge in [0.05, 0.1) is 0 Å². The van der Waals surface area contributed by atoms with Crippen molar-refractivity contribution in [3.63, 3.8) is 0 Å².